The molecule has 11 rings (SSSR count). The molecule has 0 amide bonds. The van der Waals surface area contributed by atoms with Crippen molar-refractivity contribution in [1.29, 1.82) is 0 Å². The van der Waals surface area contributed by atoms with E-state index in [4.69, 9.17) is 25.5 Å². The topological polar surface area (TPSA) is 243 Å². The number of hydrogen-bond acceptors (Lipinski definition) is 15. The average molecular weight is 2080 g/mol. The molecule has 19 heteroatoms. The molecule has 7 aromatic carbocycles. The molecular weight excluding hydrogens is 1990 g/mol. The van der Waals surface area contributed by atoms with Gasteiger partial charge in [-0.2, -0.15) is 0 Å². The number of hydrogen-bond donors (Lipinski definition) is 5. The average Bonchev–Trinajstić information content (AvgIpc) is 0.796. The quantitative estimate of drug-likeness (QED) is 0.0434. The Kier molecular flexibility index (Phi) is 47.5. The van der Waals surface area contributed by atoms with Crippen LogP contribution in [-0.2, 0) is 94.8 Å². The number of aryl methyl sites for hydroxylation is 3. The molecule has 2 unspecified atom stereocenters. The summed E-state index contributed by atoms with van der Waals surface area (Å²) in [5.74, 6) is -0.187. The summed E-state index contributed by atoms with van der Waals surface area (Å²) in [6.07, 6.45) is 9.86. The number of benzene rings is 7. The zero-order valence-electron chi connectivity index (χ0n) is 58.9. The second kappa shape index (κ2) is 52.1. The molecule has 15 nitrogen and oxygen atoms in total. The molecule has 0 aliphatic rings. The summed E-state index contributed by atoms with van der Waals surface area (Å²) in [6.45, 7) is 20.3. The van der Waals surface area contributed by atoms with E-state index in [0.717, 1.165) is 78.8 Å². The standard InChI is InChI=1S/2C18H15N2.C16H11N2.C11H8N.C5H12O2.3C5H8O2.4Ir/c1-13-7-6-8-14(2)18(13)17-11-16(19-12-20-17)15-9-4-3-5-10-15;1-13-8-6-7-11-16(13)18-14(2)17(19-12-20-18)15-9-4-3-5-10-15;1-3-7-13(8-4-1)15-11-16(18-12-17-15)14-9-5-2-6-10-14;1-2-6-10(7-3-1)11-8-4-5-9-12-11;4*1-4(6)3-5(2)7;;;;/h2*3-9,11-12H,1-2H3;1-9,11-12H;1-6,8-9H;4-7H,3H2,1-2H3;3*3,6H,1-2H3;;;;/q4*-1;;;;;;;;. The molecule has 2 atom stereocenters. The number of rotatable bonds is 12. The smallest absolute Gasteiger partial charge is 0.155 e. The summed E-state index contributed by atoms with van der Waals surface area (Å²) in [5.41, 5.74) is 18.8. The fraction of sp³-hybridized carbons (Fsp3) is 0.181. The van der Waals surface area contributed by atoms with Crippen molar-refractivity contribution in [2.24, 2.45) is 0 Å². The first kappa shape index (κ1) is 93.1. The van der Waals surface area contributed by atoms with Gasteiger partial charge in [0.25, 0.3) is 0 Å². The maximum absolute atomic E-state index is 10.0. The largest absolute Gasteiger partial charge is 0.512 e. The van der Waals surface area contributed by atoms with Gasteiger partial charge in [-0.25, -0.2) is 15.0 Å². The molecule has 4 heterocycles. The second-order valence-corrected chi connectivity index (χ2v) is 22.2. The minimum absolute atomic E-state index is 0. The van der Waals surface area contributed by atoms with Gasteiger partial charge < -0.3 is 30.5 Å². The molecule has 0 saturated heterocycles. The predicted molar refractivity (Wildman–Crippen MR) is 392 cm³/mol. The van der Waals surface area contributed by atoms with Gasteiger partial charge in [-0.3, -0.25) is 29.3 Å². The van der Waals surface area contributed by atoms with Crippen molar-refractivity contribution >= 4 is 17.3 Å². The van der Waals surface area contributed by atoms with Crippen LogP contribution in [0.25, 0.3) is 78.8 Å². The van der Waals surface area contributed by atoms with Gasteiger partial charge in [0.2, 0.25) is 0 Å². The van der Waals surface area contributed by atoms with Crippen LogP contribution in [0, 0.1) is 52.0 Å². The maximum Gasteiger partial charge on any atom is 0.155 e. The van der Waals surface area contributed by atoms with Crippen molar-refractivity contribution in [2.45, 2.75) is 102 Å². The Balaban J connectivity index is 0.00000118. The third kappa shape index (κ3) is 36.6. The van der Waals surface area contributed by atoms with Crippen LogP contribution in [0.5, 0.6) is 0 Å². The Morgan fingerprint density at radius 3 is 1.13 bits per heavy atom. The number of ketones is 3. The molecular formula is C83H85Ir4N7O8-4. The molecule has 0 spiro atoms. The zero-order chi connectivity index (χ0) is 71.8. The minimum Gasteiger partial charge on any atom is -0.512 e. The van der Waals surface area contributed by atoms with Crippen LogP contribution in [0.3, 0.4) is 0 Å². The van der Waals surface area contributed by atoms with E-state index in [1.54, 1.807) is 39.0 Å². The number of nitrogens with zero attached hydrogens (tertiary/aromatic N) is 7. The third-order valence-corrected chi connectivity index (χ3v) is 13.1. The van der Waals surface area contributed by atoms with Gasteiger partial charge >= 0.3 is 0 Å². The normalized spacial score (nSPS) is 10.7. The Hall–Kier alpha value is -8.92. The zero-order valence-corrected chi connectivity index (χ0v) is 68.5. The first-order chi connectivity index (χ1) is 46.9. The molecule has 540 valence electrons. The van der Waals surface area contributed by atoms with Gasteiger partial charge in [-0.05, 0) is 146 Å². The number of aliphatic hydroxyl groups excluding tert-OH is 5. The summed E-state index contributed by atoms with van der Waals surface area (Å²) in [7, 11) is 0. The van der Waals surface area contributed by atoms with E-state index < -0.39 is 0 Å². The fourth-order valence-corrected chi connectivity index (χ4v) is 9.06. The number of carbonyl (C=O) groups is 3. The number of aromatic nitrogens is 7. The summed E-state index contributed by atoms with van der Waals surface area (Å²) in [6, 6.07) is 78.7. The number of allylic oxidation sites excluding steroid dienone is 6. The molecule has 4 aromatic heterocycles. The van der Waals surface area contributed by atoms with E-state index >= 15 is 0 Å². The minimum atomic E-state index is -0.375. The molecule has 4 radical (unpaired) electrons. The Morgan fingerprint density at radius 1 is 0.382 bits per heavy atom. The van der Waals surface area contributed by atoms with Crippen LogP contribution in [0.1, 0.15) is 84.1 Å². The molecule has 0 saturated carbocycles. The number of pyridine rings is 1. The van der Waals surface area contributed by atoms with E-state index in [2.05, 4.69) is 117 Å². The van der Waals surface area contributed by atoms with Crippen molar-refractivity contribution in [3.63, 3.8) is 0 Å². The maximum atomic E-state index is 10.0. The van der Waals surface area contributed by atoms with Crippen molar-refractivity contribution in [3.05, 3.63) is 307 Å². The molecule has 0 bridgehead atoms. The molecule has 0 aliphatic carbocycles. The van der Waals surface area contributed by atoms with Crippen molar-refractivity contribution in [2.75, 3.05) is 0 Å². The van der Waals surface area contributed by atoms with Gasteiger partial charge in [-0.15, -0.1) is 144 Å². The summed E-state index contributed by atoms with van der Waals surface area (Å²) >= 11 is 0. The van der Waals surface area contributed by atoms with Crippen molar-refractivity contribution in [3.8, 4) is 78.8 Å². The predicted octanol–water partition coefficient (Wildman–Crippen LogP) is 17.9. The molecule has 0 fully saturated rings. The Morgan fingerprint density at radius 2 is 0.745 bits per heavy atom. The van der Waals surface area contributed by atoms with Crippen LogP contribution in [0.4, 0.5) is 0 Å². The fourth-order valence-electron chi connectivity index (χ4n) is 9.06. The van der Waals surface area contributed by atoms with Gasteiger partial charge in [0.1, 0.15) is 19.0 Å². The Labute approximate surface area is 655 Å². The number of aliphatic hydroxyl groups is 5. The SMILES string of the molecule is CC(=O)C=C(C)O.CC(=O)C=C(C)O.CC(=O)C=C(C)O.CC(O)CC(C)O.Cc1cccc(C)c1-c1cc(-c2[c-]cccc2)ncn1.Cc1ccccc1-c1ncnc(-c2[c-]cccc2)c1C.[Ir].[Ir].[Ir].[Ir].[c-]1ccccc1-c1cc(-c2ccccc2)ncn1.[c-]1ccccc1-c1ccccn1. The molecule has 11 aromatic rings. The van der Waals surface area contributed by atoms with Gasteiger partial charge in [0.15, 0.2) is 17.3 Å². The number of carbonyl (C=O) groups excluding carboxylic acids is 3. The molecule has 5 N–H and O–H groups in total. The van der Waals surface area contributed by atoms with Crippen LogP contribution >= 0.6 is 0 Å². The van der Waals surface area contributed by atoms with Crippen LogP contribution in [0.2, 0.25) is 0 Å². The summed E-state index contributed by atoms with van der Waals surface area (Å²) < 4.78 is 0. The van der Waals surface area contributed by atoms with Gasteiger partial charge in [0.05, 0.1) is 46.6 Å². The van der Waals surface area contributed by atoms with Gasteiger partial charge in [-0.1, -0.05) is 97.1 Å². The van der Waals surface area contributed by atoms with Crippen LogP contribution in [-0.4, -0.2) is 90.0 Å². The second-order valence-electron chi connectivity index (χ2n) is 22.2. The first-order valence-electron chi connectivity index (χ1n) is 31.4. The third-order valence-electron chi connectivity index (χ3n) is 13.1. The van der Waals surface area contributed by atoms with E-state index in [1.807, 2.05) is 170 Å². The molecule has 102 heavy (non-hydrogen) atoms. The van der Waals surface area contributed by atoms with Crippen LogP contribution in [0.15, 0.2) is 261 Å². The van der Waals surface area contributed by atoms with Crippen molar-refractivity contribution in [1.82, 2.24) is 34.9 Å². The van der Waals surface area contributed by atoms with E-state index in [9.17, 15) is 14.4 Å². The van der Waals surface area contributed by atoms with Gasteiger partial charge in [0, 0.05) is 116 Å². The monoisotopic (exact) mass is 2080 g/mol. The van der Waals surface area contributed by atoms with Crippen molar-refractivity contribution < 1.29 is 120 Å². The Bertz CT molecular complexity index is 4090. The summed E-state index contributed by atoms with van der Waals surface area (Å²) in [4.78, 5) is 60.6. The summed E-state index contributed by atoms with van der Waals surface area (Å²) in [5, 5.41) is 42.2. The van der Waals surface area contributed by atoms with E-state index in [-0.39, 0.29) is 127 Å². The molecule has 0 aliphatic heterocycles. The van der Waals surface area contributed by atoms with Crippen LogP contribution < -0.4 is 0 Å². The first-order valence-corrected chi connectivity index (χ1v) is 31.4. The van der Waals surface area contributed by atoms with E-state index in [0.29, 0.717) is 6.42 Å². The van der Waals surface area contributed by atoms with E-state index in [1.165, 1.54) is 82.0 Å².